The van der Waals surface area contributed by atoms with Gasteiger partial charge in [0.25, 0.3) is 0 Å². The van der Waals surface area contributed by atoms with Crippen LogP contribution in [-0.2, 0) is 4.79 Å². The van der Waals surface area contributed by atoms with E-state index in [1.54, 1.807) is 0 Å². The summed E-state index contributed by atoms with van der Waals surface area (Å²) in [4.78, 5) is 24.3. The minimum atomic E-state index is -0.663. The van der Waals surface area contributed by atoms with Crippen LogP contribution in [0.15, 0.2) is 5.10 Å². The quantitative estimate of drug-likeness (QED) is 0.310. The summed E-state index contributed by atoms with van der Waals surface area (Å²) in [7, 11) is 0. The summed E-state index contributed by atoms with van der Waals surface area (Å²) in [5, 5.41) is 13.5. The maximum absolute atomic E-state index is 11.8. The molecule has 1 aliphatic rings. The molecule has 1 rings (SSSR count). The standard InChI is InChI=1S/C12H21N3O3/c1-11(2,3)10(13-15(17)18)14-7-6-9(16)12(4,5)8-14/h6-8H2,1-5H3/b13-10-. The van der Waals surface area contributed by atoms with Gasteiger partial charge in [0.05, 0.1) is 5.10 Å². The van der Waals surface area contributed by atoms with Crippen molar-refractivity contribution in [1.82, 2.24) is 4.90 Å². The van der Waals surface area contributed by atoms with Crippen molar-refractivity contribution in [2.24, 2.45) is 15.9 Å². The normalized spacial score (nSPS) is 21.1. The van der Waals surface area contributed by atoms with Crippen LogP contribution < -0.4 is 0 Å². The summed E-state index contributed by atoms with van der Waals surface area (Å²) < 4.78 is 0. The number of hydrogen-bond acceptors (Lipinski definition) is 3. The Morgan fingerprint density at radius 2 is 2.00 bits per heavy atom. The highest BCUT2D eigenvalue weighted by atomic mass is 16.7. The van der Waals surface area contributed by atoms with Crippen molar-refractivity contribution in [1.29, 1.82) is 0 Å². The molecule has 0 unspecified atom stereocenters. The third-order valence-corrected chi connectivity index (χ3v) is 3.10. The van der Waals surface area contributed by atoms with E-state index in [0.717, 1.165) is 0 Å². The number of amidine groups is 1. The molecule has 0 saturated carbocycles. The number of hydrazone groups is 1. The zero-order valence-electron chi connectivity index (χ0n) is 11.7. The summed E-state index contributed by atoms with van der Waals surface area (Å²) in [5.41, 5.74) is -0.885. The van der Waals surface area contributed by atoms with Gasteiger partial charge in [-0.05, 0) is 0 Å². The second-order valence-corrected chi connectivity index (χ2v) is 6.39. The first kappa shape index (κ1) is 14.6. The fourth-order valence-electron chi connectivity index (χ4n) is 2.16. The lowest BCUT2D eigenvalue weighted by Gasteiger charge is -2.40. The lowest BCUT2D eigenvalue weighted by molar-refractivity contribution is -0.486. The van der Waals surface area contributed by atoms with E-state index >= 15 is 0 Å². The largest absolute Gasteiger partial charge is 0.353 e. The Kier molecular flexibility index (Phi) is 3.78. The summed E-state index contributed by atoms with van der Waals surface area (Å²) >= 11 is 0. The lowest BCUT2D eigenvalue weighted by atomic mass is 9.81. The van der Waals surface area contributed by atoms with E-state index in [4.69, 9.17) is 0 Å². The van der Waals surface area contributed by atoms with Gasteiger partial charge in [-0.3, -0.25) is 4.79 Å². The van der Waals surface area contributed by atoms with Crippen molar-refractivity contribution < 1.29 is 9.83 Å². The molecule has 0 radical (unpaired) electrons. The Balaban J connectivity index is 3.03. The maximum Gasteiger partial charge on any atom is 0.192 e. The molecule has 0 atom stereocenters. The van der Waals surface area contributed by atoms with Gasteiger partial charge in [-0.15, -0.1) is 0 Å². The molecule has 102 valence electrons. The van der Waals surface area contributed by atoms with E-state index in [2.05, 4.69) is 5.10 Å². The third-order valence-electron chi connectivity index (χ3n) is 3.10. The second kappa shape index (κ2) is 4.66. The van der Waals surface area contributed by atoms with Crippen LogP contribution in [0.2, 0.25) is 0 Å². The molecule has 0 amide bonds. The SMILES string of the molecule is CC1(C)CN(/C(=N\[N+](=O)[O-])C(C)(C)C)CCC1=O. The molecule has 0 aliphatic carbocycles. The zero-order valence-corrected chi connectivity index (χ0v) is 11.7. The Hall–Kier alpha value is -1.46. The number of rotatable bonds is 1. The molecule has 1 fully saturated rings. The number of carbonyl (C=O) groups excluding carboxylic acids is 1. The average Bonchev–Trinajstić information content (AvgIpc) is 2.17. The van der Waals surface area contributed by atoms with Gasteiger partial charge in [-0.25, -0.2) is 10.1 Å². The van der Waals surface area contributed by atoms with Crippen LogP contribution in [0.1, 0.15) is 41.0 Å². The van der Waals surface area contributed by atoms with Gasteiger partial charge in [0.2, 0.25) is 0 Å². The number of Topliss-reactive ketones (excluding diaryl/α,β-unsaturated/α-hetero) is 1. The van der Waals surface area contributed by atoms with Gasteiger partial charge in [0, 0.05) is 30.3 Å². The first-order valence-electron chi connectivity index (χ1n) is 6.06. The molecule has 1 heterocycles. The molecule has 1 saturated heterocycles. The van der Waals surface area contributed by atoms with E-state index in [-0.39, 0.29) is 5.78 Å². The molecular formula is C12H21N3O3. The van der Waals surface area contributed by atoms with E-state index in [0.29, 0.717) is 25.3 Å². The molecule has 0 aromatic carbocycles. The lowest BCUT2D eigenvalue weighted by Crippen LogP contribution is -2.51. The van der Waals surface area contributed by atoms with Crippen molar-refractivity contribution >= 4 is 11.6 Å². The number of carbonyl (C=O) groups is 1. The van der Waals surface area contributed by atoms with Crippen molar-refractivity contribution in [2.75, 3.05) is 13.1 Å². The van der Waals surface area contributed by atoms with E-state index in [1.807, 2.05) is 39.5 Å². The predicted octanol–water partition coefficient (Wildman–Crippen LogP) is 1.92. The molecule has 0 bridgehead atoms. The Morgan fingerprint density at radius 3 is 2.39 bits per heavy atom. The minimum Gasteiger partial charge on any atom is -0.353 e. The highest BCUT2D eigenvalue weighted by molar-refractivity contribution is 5.91. The van der Waals surface area contributed by atoms with Gasteiger partial charge in [0.1, 0.15) is 5.78 Å². The average molecular weight is 255 g/mol. The molecule has 18 heavy (non-hydrogen) atoms. The predicted molar refractivity (Wildman–Crippen MR) is 68.9 cm³/mol. The molecule has 6 nitrogen and oxygen atoms in total. The van der Waals surface area contributed by atoms with Crippen molar-refractivity contribution in [3.63, 3.8) is 0 Å². The minimum absolute atomic E-state index is 0.202. The molecule has 0 aromatic heterocycles. The molecule has 0 aromatic rings. The number of ketones is 1. The van der Waals surface area contributed by atoms with Crippen molar-refractivity contribution in [2.45, 2.75) is 41.0 Å². The number of likely N-dealkylation sites (tertiary alicyclic amines) is 1. The topological polar surface area (TPSA) is 75.8 Å². The van der Waals surface area contributed by atoms with Crippen molar-refractivity contribution in [3.05, 3.63) is 10.1 Å². The molecule has 6 heteroatoms. The number of piperidine rings is 1. The second-order valence-electron chi connectivity index (χ2n) is 6.39. The molecular weight excluding hydrogens is 234 g/mol. The number of hydrogen-bond donors (Lipinski definition) is 0. The smallest absolute Gasteiger partial charge is 0.192 e. The van der Waals surface area contributed by atoms with Crippen LogP contribution in [-0.4, -0.2) is 34.6 Å². The monoisotopic (exact) mass is 255 g/mol. The van der Waals surface area contributed by atoms with Crippen molar-refractivity contribution in [3.8, 4) is 0 Å². The van der Waals surface area contributed by atoms with Gasteiger partial charge >= 0.3 is 0 Å². The summed E-state index contributed by atoms with van der Waals surface area (Å²) in [6.45, 7) is 10.4. The van der Waals surface area contributed by atoms with Crippen LogP contribution in [0, 0.1) is 20.9 Å². The number of nitro groups is 1. The van der Waals surface area contributed by atoms with Gasteiger partial charge in [0.15, 0.2) is 10.9 Å². The Morgan fingerprint density at radius 1 is 1.44 bits per heavy atom. The third kappa shape index (κ3) is 3.27. The Labute approximate surface area is 107 Å². The highest BCUT2D eigenvalue weighted by Gasteiger charge is 2.39. The summed E-state index contributed by atoms with van der Waals surface area (Å²) in [5.74, 6) is 0.640. The van der Waals surface area contributed by atoms with E-state index < -0.39 is 15.9 Å². The highest BCUT2D eigenvalue weighted by Crippen LogP contribution is 2.29. The molecule has 0 N–H and O–H groups in total. The number of nitrogens with zero attached hydrogens (tertiary/aromatic N) is 3. The van der Waals surface area contributed by atoms with Crippen LogP contribution in [0.4, 0.5) is 0 Å². The van der Waals surface area contributed by atoms with Gasteiger partial charge in [-0.1, -0.05) is 34.6 Å². The molecule has 0 spiro atoms. The zero-order chi connectivity index (χ0) is 14.1. The van der Waals surface area contributed by atoms with Crippen LogP contribution in [0.25, 0.3) is 0 Å². The van der Waals surface area contributed by atoms with Gasteiger partial charge in [-0.2, -0.15) is 0 Å². The molecule has 1 aliphatic heterocycles. The summed E-state index contributed by atoms with van der Waals surface area (Å²) in [6, 6.07) is 0. The van der Waals surface area contributed by atoms with Crippen LogP contribution in [0.5, 0.6) is 0 Å². The summed E-state index contributed by atoms with van der Waals surface area (Å²) in [6.07, 6.45) is 0.416. The fraction of sp³-hybridized carbons (Fsp3) is 0.833. The van der Waals surface area contributed by atoms with Crippen LogP contribution >= 0.6 is 0 Å². The maximum atomic E-state index is 11.8. The van der Waals surface area contributed by atoms with E-state index in [9.17, 15) is 14.9 Å². The first-order chi connectivity index (χ1) is 8.04. The first-order valence-corrected chi connectivity index (χ1v) is 6.06. The van der Waals surface area contributed by atoms with Crippen LogP contribution in [0.3, 0.4) is 0 Å². The Bertz CT molecular complexity index is 394. The van der Waals surface area contributed by atoms with E-state index in [1.165, 1.54) is 0 Å². The van der Waals surface area contributed by atoms with Gasteiger partial charge < -0.3 is 4.90 Å². The fourth-order valence-corrected chi connectivity index (χ4v) is 2.16.